The minimum Gasteiger partial charge on any atom is -0.312 e. The van der Waals surface area contributed by atoms with E-state index in [1.54, 1.807) is 46.2 Å². The second-order valence-electron chi connectivity index (χ2n) is 8.11. The molecule has 7 nitrogen and oxygen atoms in total. The molecule has 1 N–H and O–H groups in total. The lowest BCUT2D eigenvalue weighted by Gasteiger charge is -2.18. The van der Waals surface area contributed by atoms with E-state index in [4.69, 9.17) is 0 Å². The molecular weight excluding hydrogens is 402 g/mol. The van der Waals surface area contributed by atoms with Gasteiger partial charge in [-0.3, -0.25) is 14.3 Å². The van der Waals surface area contributed by atoms with Crippen molar-refractivity contribution in [2.75, 3.05) is 27.6 Å². The van der Waals surface area contributed by atoms with E-state index < -0.39 is 10.0 Å². The van der Waals surface area contributed by atoms with E-state index in [2.05, 4.69) is 4.72 Å². The molecule has 5 rings (SSSR count). The van der Waals surface area contributed by atoms with Crippen LogP contribution in [0.1, 0.15) is 31.2 Å². The van der Waals surface area contributed by atoms with Crippen LogP contribution in [0, 0.1) is 5.92 Å². The van der Waals surface area contributed by atoms with Crippen molar-refractivity contribution in [2.45, 2.75) is 37.0 Å². The maximum absolute atomic E-state index is 13.0. The normalized spacial score (nSPS) is 18.6. The monoisotopic (exact) mass is 425 g/mol. The van der Waals surface area contributed by atoms with Gasteiger partial charge in [-0.05, 0) is 67.6 Å². The van der Waals surface area contributed by atoms with Gasteiger partial charge in [-0.1, -0.05) is 6.07 Å². The Bertz CT molecular complexity index is 1140. The molecule has 0 unspecified atom stereocenters. The first-order chi connectivity index (χ1) is 14.4. The highest BCUT2D eigenvalue weighted by molar-refractivity contribution is 7.92. The minimum atomic E-state index is -3.79. The Morgan fingerprint density at radius 3 is 2.60 bits per heavy atom. The largest absolute Gasteiger partial charge is 0.312 e. The van der Waals surface area contributed by atoms with Crippen molar-refractivity contribution in [2.24, 2.45) is 5.92 Å². The standard InChI is InChI=1S/C22H23N3O4S/c26-21-5-2-11-24(21)18-4-1-3-17(14-18)23-30(28,29)19-8-9-20-16(13-19)10-12-25(20)22(27)15-6-7-15/h1,3-4,8-9,13-15,23H,2,5-7,10-12H2. The van der Waals surface area contributed by atoms with E-state index in [1.165, 1.54) is 0 Å². The number of nitrogens with one attached hydrogen (secondary N) is 1. The van der Waals surface area contributed by atoms with Gasteiger partial charge in [0.1, 0.15) is 0 Å². The SMILES string of the molecule is O=C1CCCN1c1cccc(NS(=O)(=O)c2ccc3c(c2)CCN3C(=O)C2CC2)c1. The Morgan fingerprint density at radius 2 is 1.87 bits per heavy atom. The molecule has 0 bridgehead atoms. The highest BCUT2D eigenvalue weighted by atomic mass is 32.2. The van der Waals surface area contributed by atoms with Gasteiger partial charge in [0, 0.05) is 36.8 Å². The Hall–Kier alpha value is -2.87. The molecule has 1 saturated carbocycles. The van der Waals surface area contributed by atoms with Crippen LogP contribution in [-0.2, 0) is 26.0 Å². The fourth-order valence-corrected chi connectivity index (χ4v) is 5.30. The number of anilines is 3. The number of amides is 2. The van der Waals surface area contributed by atoms with Crippen molar-refractivity contribution in [3.8, 4) is 0 Å². The first kappa shape index (κ1) is 19.1. The molecule has 30 heavy (non-hydrogen) atoms. The molecule has 8 heteroatoms. The average Bonchev–Trinajstić information content (AvgIpc) is 3.35. The molecule has 1 saturated heterocycles. The zero-order valence-corrected chi connectivity index (χ0v) is 17.3. The Morgan fingerprint density at radius 1 is 1.03 bits per heavy atom. The van der Waals surface area contributed by atoms with Gasteiger partial charge in [0.15, 0.2) is 0 Å². The lowest BCUT2D eigenvalue weighted by molar-refractivity contribution is -0.119. The minimum absolute atomic E-state index is 0.0546. The van der Waals surface area contributed by atoms with E-state index >= 15 is 0 Å². The highest BCUT2D eigenvalue weighted by Gasteiger charge is 2.36. The maximum atomic E-state index is 13.0. The third-order valence-electron chi connectivity index (χ3n) is 5.93. The van der Waals surface area contributed by atoms with E-state index in [0.717, 1.165) is 30.5 Å². The second kappa shape index (κ2) is 7.12. The predicted molar refractivity (Wildman–Crippen MR) is 114 cm³/mol. The Balaban J connectivity index is 1.37. The molecule has 2 heterocycles. The number of rotatable bonds is 5. The van der Waals surface area contributed by atoms with Crippen LogP contribution in [0.4, 0.5) is 17.1 Å². The smallest absolute Gasteiger partial charge is 0.261 e. The van der Waals surface area contributed by atoms with E-state index in [0.29, 0.717) is 37.3 Å². The first-order valence-electron chi connectivity index (χ1n) is 10.3. The zero-order chi connectivity index (χ0) is 20.9. The molecule has 2 amide bonds. The van der Waals surface area contributed by atoms with Crippen LogP contribution in [0.25, 0.3) is 0 Å². The average molecular weight is 426 g/mol. The van der Waals surface area contributed by atoms with Crippen LogP contribution < -0.4 is 14.5 Å². The summed E-state index contributed by atoms with van der Waals surface area (Å²) >= 11 is 0. The number of hydrogen-bond donors (Lipinski definition) is 1. The molecular formula is C22H23N3O4S. The van der Waals surface area contributed by atoms with Crippen molar-refractivity contribution in [1.82, 2.24) is 0 Å². The number of sulfonamides is 1. The maximum Gasteiger partial charge on any atom is 0.261 e. The van der Waals surface area contributed by atoms with Crippen molar-refractivity contribution < 1.29 is 18.0 Å². The molecule has 0 atom stereocenters. The molecule has 0 aromatic heterocycles. The Kier molecular flexibility index (Phi) is 4.54. The van der Waals surface area contributed by atoms with Crippen LogP contribution in [0.2, 0.25) is 0 Å². The summed E-state index contributed by atoms with van der Waals surface area (Å²) in [7, 11) is -3.79. The van der Waals surface area contributed by atoms with Crippen molar-refractivity contribution in [3.63, 3.8) is 0 Å². The summed E-state index contributed by atoms with van der Waals surface area (Å²) in [5, 5.41) is 0. The van der Waals surface area contributed by atoms with Gasteiger partial charge in [0.05, 0.1) is 10.6 Å². The first-order valence-corrected chi connectivity index (χ1v) is 11.8. The number of fused-ring (bicyclic) bond motifs is 1. The van der Waals surface area contributed by atoms with Gasteiger partial charge in [-0.15, -0.1) is 0 Å². The van der Waals surface area contributed by atoms with Crippen molar-refractivity contribution >= 4 is 38.9 Å². The van der Waals surface area contributed by atoms with Crippen molar-refractivity contribution in [3.05, 3.63) is 48.0 Å². The molecule has 156 valence electrons. The summed E-state index contributed by atoms with van der Waals surface area (Å²) in [5.41, 5.74) is 2.81. The Labute approximate surface area is 175 Å². The molecule has 0 radical (unpaired) electrons. The van der Waals surface area contributed by atoms with Gasteiger partial charge in [0.25, 0.3) is 10.0 Å². The zero-order valence-electron chi connectivity index (χ0n) is 16.5. The molecule has 2 aliphatic heterocycles. The lowest BCUT2D eigenvalue weighted by Crippen LogP contribution is -2.30. The summed E-state index contributed by atoms with van der Waals surface area (Å²) in [4.78, 5) is 28.0. The van der Waals surface area contributed by atoms with Crippen LogP contribution in [0.5, 0.6) is 0 Å². The third kappa shape index (κ3) is 3.45. The summed E-state index contributed by atoms with van der Waals surface area (Å²) in [5.74, 6) is 0.338. The van der Waals surface area contributed by atoms with Gasteiger partial charge in [-0.2, -0.15) is 0 Å². The van der Waals surface area contributed by atoms with Gasteiger partial charge >= 0.3 is 0 Å². The van der Waals surface area contributed by atoms with Crippen LogP contribution in [0.15, 0.2) is 47.4 Å². The third-order valence-corrected chi connectivity index (χ3v) is 7.31. The van der Waals surface area contributed by atoms with Gasteiger partial charge in [0.2, 0.25) is 11.8 Å². The van der Waals surface area contributed by atoms with Crippen LogP contribution >= 0.6 is 0 Å². The number of nitrogens with zero attached hydrogens (tertiary/aromatic N) is 2. The molecule has 2 aromatic carbocycles. The van der Waals surface area contributed by atoms with Gasteiger partial charge in [-0.25, -0.2) is 8.42 Å². The number of carbonyl (C=O) groups excluding carboxylic acids is 2. The topological polar surface area (TPSA) is 86.8 Å². The number of carbonyl (C=O) groups is 2. The summed E-state index contributed by atoms with van der Waals surface area (Å²) in [6.07, 6.45) is 3.88. The van der Waals surface area contributed by atoms with Crippen LogP contribution in [-0.4, -0.2) is 33.3 Å². The van der Waals surface area contributed by atoms with Gasteiger partial charge < -0.3 is 9.80 Å². The molecule has 2 fully saturated rings. The molecule has 1 aliphatic carbocycles. The predicted octanol–water partition coefficient (Wildman–Crippen LogP) is 2.91. The fraction of sp³-hybridized carbons (Fsp3) is 0.364. The second-order valence-corrected chi connectivity index (χ2v) is 9.79. The highest BCUT2D eigenvalue weighted by Crippen LogP contribution is 2.37. The molecule has 0 spiro atoms. The van der Waals surface area contributed by atoms with Crippen LogP contribution in [0.3, 0.4) is 0 Å². The number of benzene rings is 2. The molecule has 3 aliphatic rings. The lowest BCUT2D eigenvalue weighted by atomic mass is 10.2. The van der Waals surface area contributed by atoms with E-state index in [1.807, 2.05) is 6.07 Å². The summed E-state index contributed by atoms with van der Waals surface area (Å²) in [6, 6.07) is 11.8. The quantitative estimate of drug-likeness (QED) is 0.798. The summed E-state index contributed by atoms with van der Waals surface area (Å²) in [6.45, 7) is 1.25. The van der Waals surface area contributed by atoms with E-state index in [9.17, 15) is 18.0 Å². The van der Waals surface area contributed by atoms with Crippen molar-refractivity contribution in [1.29, 1.82) is 0 Å². The fourth-order valence-electron chi connectivity index (χ4n) is 4.20. The molecule has 2 aromatic rings. The summed E-state index contributed by atoms with van der Waals surface area (Å²) < 4.78 is 28.5. The van der Waals surface area contributed by atoms with E-state index in [-0.39, 0.29) is 22.6 Å². The number of hydrogen-bond acceptors (Lipinski definition) is 4.